The lowest BCUT2D eigenvalue weighted by Crippen LogP contribution is -2.61. The van der Waals surface area contributed by atoms with Crippen molar-refractivity contribution >= 4 is 11.9 Å². The van der Waals surface area contributed by atoms with Crippen molar-refractivity contribution in [3.8, 4) is 0 Å². The number of halogens is 3. The molecule has 30 heavy (non-hydrogen) atoms. The number of nitrogens with zero attached hydrogens (tertiary/aromatic N) is 3. The minimum Gasteiger partial charge on any atom is -0.383 e. The van der Waals surface area contributed by atoms with Crippen LogP contribution >= 0.6 is 0 Å². The molecule has 1 aromatic rings. The number of carbonyl (C=O) groups excluding carboxylic acids is 2. The number of ether oxygens (including phenoxy) is 1. The Hall–Kier alpha value is -2.29. The smallest absolute Gasteiger partial charge is 0.383 e. The van der Waals surface area contributed by atoms with Gasteiger partial charge in [0.15, 0.2) is 0 Å². The van der Waals surface area contributed by atoms with Gasteiger partial charge in [-0.3, -0.25) is 4.79 Å². The van der Waals surface area contributed by atoms with E-state index in [-0.39, 0.29) is 42.6 Å². The number of hydrogen-bond donors (Lipinski definition) is 0. The van der Waals surface area contributed by atoms with Gasteiger partial charge >= 0.3 is 12.2 Å². The van der Waals surface area contributed by atoms with Crippen LogP contribution < -0.4 is 0 Å². The van der Waals surface area contributed by atoms with Gasteiger partial charge in [-0.25, -0.2) is 4.79 Å². The Morgan fingerprint density at radius 3 is 2.43 bits per heavy atom. The maximum atomic E-state index is 13.4. The predicted molar refractivity (Wildman–Crippen MR) is 105 cm³/mol. The van der Waals surface area contributed by atoms with Crippen molar-refractivity contribution in [2.45, 2.75) is 45.1 Å². The summed E-state index contributed by atoms with van der Waals surface area (Å²) in [4.78, 5) is 30.9. The number of alkyl halides is 3. The van der Waals surface area contributed by atoms with E-state index in [0.717, 1.165) is 6.07 Å². The molecule has 166 valence electrons. The van der Waals surface area contributed by atoms with E-state index in [1.54, 1.807) is 16.9 Å². The van der Waals surface area contributed by atoms with Crippen molar-refractivity contribution in [1.82, 2.24) is 14.7 Å². The number of urea groups is 1. The molecule has 2 aliphatic rings. The number of rotatable bonds is 7. The monoisotopic (exact) mass is 427 g/mol. The molecule has 0 spiro atoms. The summed E-state index contributed by atoms with van der Waals surface area (Å²) < 4.78 is 45.2. The van der Waals surface area contributed by atoms with Crippen molar-refractivity contribution in [3.63, 3.8) is 0 Å². The molecular formula is C21H28F3N3O3. The molecule has 6 nitrogen and oxygen atoms in total. The van der Waals surface area contributed by atoms with E-state index in [0.29, 0.717) is 26.1 Å². The van der Waals surface area contributed by atoms with Gasteiger partial charge in [0.1, 0.15) is 6.04 Å². The summed E-state index contributed by atoms with van der Waals surface area (Å²) in [6.07, 6.45) is -3.98. The van der Waals surface area contributed by atoms with Crippen LogP contribution in [0.15, 0.2) is 24.3 Å². The minimum absolute atomic E-state index is 0.0566. The fourth-order valence-electron chi connectivity index (χ4n) is 4.28. The molecule has 9 heteroatoms. The Bertz CT molecular complexity index is 784. The largest absolute Gasteiger partial charge is 0.416 e. The molecule has 2 heterocycles. The first kappa shape index (κ1) is 22.4. The number of piperazine rings is 1. The van der Waals surface area contributed by atoms with Crippen molar-refractivity contribution in [2.24, 2.45) is 5.92 Å². The molecular weight excluding hydrogens is 399 g/mol. The third kappa shape index (κ3) is 4.55. The second-order valence-electron chi connectivity index (χ2n) is 8.30. The predicted octanol–water partition coefficient (Wildman–Crippen LogP) is 3.21. The van der Waals surface area contributed by atoms with Gasteiger partial charge in [-0.05, 0) is 24.0 Å². The van der Waals surface area contributed by atoms with Gasteiger partial charge in [0.2, 0.25) is 5.91 Å². The van der Waals surface area contributed by atoms with Crippen LogP contribution in [0.1, 0.15) is 31.4 Å². The standard InChI is InChI=1S/C21H28F3N3O3/c1-14(2)10-18-19(28)25(8-9-30-3)12-16-13-26(20(29)27(16)18)11-15-6-4-5-7-17(15)21(22,23)24/h4-7,14,16,18H,8-13H2,1-3H3/t16-,18+/m1/s1. The zero-order chi connectivity index (χ0) is 22.1. The first-order valence-corrected chi connectivity index (χ1v) is 10.1. The number of hydrogen-bond acceptors (Lipinski definition) is 3. The zero-order valence-corrected chi connectivity index (χ0v) is 17.5. The summed E-state index contributed by atoms with van der Waals surface area (Å²) in [6.45, 7) is 5.30. The van der Waals surface area contributed by atoms with Gasteiger partial charge in [0.05, 0.1) is 18.2 Å². The van der Waals surface area contributed by atoms with Crippen LogP contribution in [-0.4, -0.2) is 72.1 Å². The Balaban J connectivity index is 1.84. The molecule has 3 rings (SSSR count). The van der Waals surface area contributed by atoms with Gasteiger partial charge in [0, 0.05) is 33.3 Å². The highest BCUT2D eigenvalue weighted by Gasteiger charge is 2.49. The lowest BCUT2D eigenvalue weighted by molar-refractivity contribution is -0.143. The highest BCUT2D eigenvalue weighted by molar-refractivity contribution is 5.90. The summed E-state index contributed by atoms with van der Waals surface area (Å²) in [6, 6.07) is 4.09. The van der Waals surface area contributed by atoms with Crippen molar-refractivity contribution < 1.29 is 27.5 Å². The van der Waals surface area contributed by atoms with E-state index in [2.05, 4.69) is 0 Å². The Labute approximate surface area is 174 Å². The molecule has 3 amide bonds. The SMILES string of the molecule is COCCN1C[C@@H]2CN(Cc3ccccc3C(F)(F)F)C(=O)N2[C@@H](CC(C)C)C1=O. The van der Waals surface area contributed by atoms with Gasteiger partial charge < -0.3 is 19.4 Å². The third-order valence-electron chi connectivity index (χ3n) is 5.62. The fourth-order valence-corrected chi connectivity index (χ4v) is 4.28. The van der Waals surface area contributed by atoms with E-state index in [4.69, 9.17) is 4.74 Å². The Morgan fingerprint density at radius 2 is 1.80 bits per heavy atom. The second kappa shape index (κ2) is 8.83. The van der Waals surface area contributed by atoms with E-state index >= 15 is 0 Å². The normalized spacial score (nSPS) is 22.3. The quantitative estimate of drug-likeness (QED) is 0.672. The number of benzene rings is 1. The first-order chi connectivity index (χ1) is 14.1. The molecule has 0 N–H and O–H groups in total. The van der Waals surface area contributed by atoms with Crippen molar-refractivity contribution in [3.05, 3.63) is 35.4 Å². The van der Waals surface area contributed by atoms with Crippen LogP contribution in [0, 0.1) is 5.92 Å². The highest BCUT2D eigenvalue weighted by Crippen LogP contribution is 2.34. The second-order valence-corrected chi connectivity index (χ2v) is 8.30. The molecule has 2 atom stereocenters. The maximum absolute atomic E-state index is 13.4. The van der Waals surface area contributed by atoms with E-state index in [9.17, 15) is 22.8 Å². The van der Waals surface area contributed by atoms with Crippen LogP contribution in [0.25, 0.3) is 0 Å². The van der Waals surface area contributed by atoms with Crippen LogP contribution in [0.3, 0.4) is 0 Å². The minimum atomic E-state index is -4.49. The highest BCUT2D eigenvalue weighted by atomic mass is 19.4. The molecule has 1 aromatic carbocycles. The molecule has 2 aliphatic heterocycles. The first-order valence-electron chi connectivity index (χ1n) is 10.1. The number of fused-ring (bicyclic) bond motifs is 1. The molecule has 2 fully saturated rings. The van der Waals surface area contributed by atoms with Crippen molar-refractivity contribution in [2.75, 3.05) is 33.4 Å². The topological polar surface area (TPSA) is 53.1 Å². The molecule has 0 bridgehead atoms. The van der Waals surface area contributed by atoms with Crippen molar-refractivity contribution in [1.29, 1.82) is 0 Å². The van der Waals surface area contributed by atoms with Crippen LogP contribution in [0.4, 0.5) is 18.0 Å². The molecule has 0 unspecified atom stereocenters. The molecule has 2 saturated heterocycles. The molecule has 0 saturated carbocycles. The molecule has 0 radical (unpaired) electrons. The maximum Gasteiger partial charge on any atom is 0.416 e. The third-order valence-corrected chi connectivity index (χ3v) is 5.62. The van der Waals surface area contributed by atoms with Gasteiger partial charge in [-0.15, -0.1) is 0 Å². The average molecular weight is 427 g/mol. The zero-order valence-electron chi connectivity index (χ0n) is 17.5. The van der Waals surface area contributed by atoms with E-state index < -0.39 is 17.8 Å². The van der Waals surface area contributed by atoms with Crippen LogP contribution in [0.2, 0.25) is 0 Å². The average Bonchev–Trinajstić information content (AvgIpc) is 2.97. The number of methoxy groups -OCH3 is 1. The number of amides is 3. The van der Waals surface area contributed by atoms with E-state index in [1.165, 1.54) is 23.1 Å². The van der Waals surface area contributed by atoms with Gasteiger partial charge in [-0.2, -0.15) is 13.2 Å². The molecule has 0 aliphatic carbocycles. The summed E-state index contributed by atoms with van der Waals surface area (Å²) in [5.41, 5.74) is -0.680. The number of carbonyl (C=O) groups is 2. The summed E-state index contributed by atoms with van der Waals surface area (Å²) in [7, 11) is 1.56. The molecule has 0 aromatic heterocycles. The Kier molecular flexibility index (Phi) is 6.59. The summed E-state index contributed by atoms with van der Waals surface area (Å²) >= 11 is 0. The summed E-state index contributed by atoms with van der Waals surface area (Å²) in [5.74, 6) is 0.0673. The Morgan fingerprint density at radius 1 is 1.13 bits per heavy atom. The van der Waals surface area contributed by atoms with Crippen LogP contribution in [0.5, 0.6) is 0 Å². The fraction of sp³-hybridized carbons (Fsp3) is 0.619. The van der Waals surface area contributed by atoms with Gasteiger partial charge in [0.25, 0.3) is 0 Å². The lowest BCUT2D eigenvalue weighted by Gasteiger charge is -2.42. The van der Waals surface area contributed by atoms with Crippen LogP contribution in [-0.2, 0) is 22.3 Å². The van der Waals surface area contributed by atoms with Gasteiger partial charge in [-0.1, -0.05) is 32.0 Å². The summed E-state index contributed by atoms with van der Waals surface area (Å²) in [5, 5.41) is 0. The lowest BCUT2D eigenvalue weighted by atomic mass is 9.97. The van der Waals surface area contributed by atoms with E-state index in [1.807, 2.05) is 13.8 Å².